The van der Waals surface area contributed by atoms with Crippen LogP contribution in [0.25, 0.3) is 32.3 Å². The number of hydrogen-bond acceptors (Lipinski definition) is 0. The van der Waals surface area contributed by atoms with Gasteiger partial charge in [-0.2, -0.15) is 6.08 Å². The fourth-order valence-electron chi connectivity index (χ4n) is 5.05. The molecule has 0 amide bonds. The quantitative estimate of drug-likeness (QED) is 0.155. The van der Waals surface area contributed by atoms with Crippen LogP contribution in [0, 0.1) is 6.08 Å². The van der Waals surface area contributed by atoms with Crippen LogP contribution in [0.1, 0.15) is 30.4 Å². The number of rotatable bonds is 6. The van der Waals surface area contributed by atoms with E-state index in [-0.39, 0.29) is 24.8 Å². The van der Waals surface area contributed by atoms with E-state index in [2.05, 4.69) is 140 Å². The largest absolute Gasteiger partial charge is 0.126 e. The molecule has 42 heavy (non-hydrogen) atoms. The molecule has 0 aromatic heterocycles. The normalized spacial score (nSPS) is 11.2. The molecule has 6 aromatic rings. The van der Waals surface area contributed by atoms with Crippen LogP contribution in [0.2, 0.25) is 0 Å². The molecule has 1 aliphatic carbocycles. The first kappa shape index (κ1) is 33.5. The van der Waals surface area contributed by atoms with Gasteiger partial charge in [-0.1, -0.05) is 65.4 Å². The molecule has 0 atom stereocenters. The monoisotopic (exact) mass is 664 g/mol. The molecule has 1 aliphatic rings. The van der Waals surface area contributed by atoms with Crippen LogP contribution in [-0.2, 0) is 37.1 Å². The predicted molar refractivity (Wildman–Crippen MR) is 185 cm³/mol. The molecular formula is C39H36Cl2Zr. The SMILES string of the molecule is Cl.Cl.[C-]1=CC=CC1.[Zr+2]=[C](CCc1ccccc1)CCc1ccccc1.c1ccc2c(c1)ccc1c3ccccc3[cH-]c21. The van der Waals surface area contributed by atoms with E-state index in [1.54, 1.807) is 27.4 Å². The zero-order valence-electron chi connectivity index (χ0n) is 23.7. The number of fused-ring (bicyclic) bond motifs is 5. The summed E-state index contributed by atoms with van der Waals surface area (Å²) in [5.41, 5.74) is 2.91. The molecule has 0 bridgehead atoms. The maximum Gasteiger partial charge on any atom is -0.0520 e. The Labute approximate surface area is 277 Å². The van der Waals surface area contributed by atoms with Crippen molar-refractivity contribution in [3.05, 3.63) is 163 Å². The van der Waals surface area contributed by atoms with Crippen LogP contribution < -0.4 is 0 Å². The summed E-state index contributed by atoms with van der Waals surface area (Å²) in [6.45, 7) is 0. The number of hydrogen-bond donors (Lipinski definition) is 0. The van der Waals surface area contributed by atoms with Crippen molar-refractivity contribution >= 4 is 60.3 Å². The molecule has 3 heteroatoms. The van der Waals surface area contributed by atoms with E-state index in [9.17, 15) is 0 Å². The van der Waals surface area contributed by atoms with Gasteiger partial charge >= 0.3 is 125 Å². The summed E-state index contributed by atoms with van der Waals surface area (Å²) >= 11 is 1.60. The van der Waals surface area contributed by atoms with Gasteiger partial charge in [-0.25, -0.2) is 12.2 Å². The first-order chi connectivity index (χ1) is 19.8. The standard InChI is InChI=1S/C17H11.C17H18.C5H5.2ClH.Zr/c1-3-7-14-12(5-1)9-10-16-15-8-4-2-6-13(15)11-17(14)16;1-4-10-16(11-5-1)14-8-3-9-15-17-12-6-2-7-13-17;1-2-4-5-3-1;;;/h1-11H;1-2,4-7,10-13H,8-9,14-15H2;1-3H,4H2;2*1H;/q-1;;-1;;;+2. The Morgan fingerprint density at radius 2 is 1.19 bits per heavy atom. The van der Waals surface area contributed by atoms with Crippen molar-refractivity contribution in [1.29, 1.82) is 0 Å². The third kappa shape index (κ3) is 9.53. The molecule has 0 spiro atoms. The van der Waals surface area contributed by atoms with Gasteiger partial charge in [0.05, 0.1) is 0 Å². The number of halogens is 2. The summed E-state index contributed by atoms with van der Waals surface area (Å²) in [5, 5.41) is 8.08. The van der Waals surface area contributed by atoms with Crippen molar-refractivity contribution in [1.82, 2.24) is 0 Å². The molecular weight excluding hydrogens is 631 g/mol. The third-order valence-electron chi connectivity index (χ3n) is 7.22. The Bertz CT molecular complexity index is 1670. The molecule has 0 fully saturated rings. The van der Waals surface area contributed by atoms with Crippen LogP contribution in [-0.4, -0.2) is 3.21 Å². The Kier molecular flexibility index (Phi) is 14.3. The molecule has 0 unspecified atom stereocenters. The predicted octanol–water partition coefficient (Wildman–Crippen LogP) is 11.0. The Balaban J connectivity index is 0.000000190. The second-order valence-corrected chi connectivity index (χ2v) is 11.8. The van der Waals surface area contributed by atoms with E-state index in [0.29, 0.717) is 0 Å². The number of allylic oxidation sites excluding steroid dienone is 4. The maximum absolute atomic E-state index is 2.99. The fraction of sp³-hybridized carbons (Fsp3) is 0.128. The molecule has 6 aromatic carbocycles. The summed E-state index contributed by atoms with van der Waals surface area (Å²) in [5.74, 6) is 0. The zero-order valence-corrected chi connectivity index (χ0v) is 27.8. The average Bonchev–Trinajstić information content (AvgIpc) is 3.73. The van der Waals surface area contributed by atoms with Crippen LogP contribution in [0.3, 0.4) is 0 Å². The Morgan fingerprint density at radius 3 is 1.76 bits per heavy atom. The van der Waals surface area contributed by atoms with E-state index in [1.165, 1.54) is 69.1 Å². The second kappa shape index (κ2) is 17.9. The van der Waals surface area contributed by atoms with Crippen LogP contribution in [0.15, 0.2) is 146 Å². The van der Waals surface area contributed by atoms with Gasteiger partial charge in [0.1, 0.15) is 0 Å². The van der Waals surface area contributed by atoms with Crippen molar-refractivity contribution in [3.63, 3.8) is 0 Å². The minimum Gasteiger partial charge on any atom is -0.126 e. The smallest absolute Gasteiger partial charge is 0.0520 e. The molecule has 0 heterocycles. The van der Waals surface area contributed by atoms with Gasteiger partial charge in [0.25, 0.3) is 0 Å². The molecule has 0 nitrogen and oxygen atoms in total. The molecule has 0 N–H and O–H groups in total. The minimum atomic E-state index is 0. The van der Waals surface area contributed by atoms with Gasteiger partial charge in [-0.3, -0.25) is 6.08 Å². The van der Waals surface area contributed by atoms with Crippen molar-refractivity contribution in [2.24, 2.45) is 0 Å². The fourth-order valence-corrected chi connectivity index (χ4v) is 5.67. The first-order valence-electron chi connectivity index (χ1n) is 14.1. The van der Waals surface area contributed by atoms with Crippen molar-refractivity contribution in [3.8, 4) is 0 Å². The summed E-state index contributed by atoms with van der Waals surface area (Å²) in [7, 11) is 0. The van der Waals surface area contributed by atoms with Crippen molar-refractivity contribution in [2.45, 2.75) is 32.1 Å². The van der Waals surface area contributed by atoms with Gasteiger partial charge in [0.15, 0.2) is 0 Å². The molecule has 0 saturated carbocycles. The topological polar surface area (TPSA) is 0 Å². The Morgan fingerprint density at radius 1 is 0.619 bits per heavy atom. The van der Waals surface area contributed by atoms with E-state index in [4.69, 9.17) is 0 Å². The molecule has 0 aliphatic heterocycles. The number of aryl methyl sites for hydroxylation is 2. The molecule has 0 saturated heterocycles. The Hall–Kier alpha value is -2.96. The first-order valence-corrected chi connectivity index (χ1v) is 15.3. The van der Waals surface area contributed by atoms with Gasteiger partial charge in [0.2, 0.25) is 0 Å². The third-order valence-corrected chi connectivity index (χ3v) is 8.45. The van der Waals surface area contributed by atoms with Crippen molar-refractivity contribution in [2.75, 3.05) is 0 Å². The average molecular weight is 667 g/mol. The van der Waals surface area contributed by atoms with E-state index in [0.717, 1.165) is 6.42 Å². The van der Waals surface area contributed by atoms with Crippen LogP contribution in [0.4, 0.5) is 0 Å². The maximum atomic E-state index is 2.99. The van der Waals surface area contributed by atoms with Gasteiger partial charge < -0.3 is 0 Å². The van der Waals surface area contributed by atoms with Gasteiger partial charge in [-0.05, 0) is 0 Å². The molecule has 210 valence electrons. The minimum absolute atomic E-state index is 0. The zero-order chi connectivity index (χ0) is 27.4. The van der Waals surface area contributed by atoms with E-state index >= 15 is 0 Å². The molecule has 0 radical (unpaired) electrons. The number of benzene rings is 5. The van der Waals surface area contributed by atoms with Crippen LogP contribution in [0.5, 0.6) is 0 Å². The summed E-state index contributed by atoms with van der Waals surface area (Å²) < 4.78 is 1.69. The van der Waals surface area contributed by atoms with E-state index < -0.39 is 0 Å². The summed E-state index contributed by atoms with van der Waals surface area (Å²) in [6, 6.07) is 45.5. The summed E-state index contributed by atoms with van der Waals surface area (Å²) in [4.78, 5) is 0. The van der Waals surface area contributed by atoms with Crippen molar-refractivity contribution < 1.29 is 24.2 Å². The second-order valence-electron chi connectivity index (χ2n) is 10.1. The van der Waals surface area contributed by atoms with Gasteiger partial charge in [-0.15, -0.1) is 64.9 Å². The summed E-state index contributed by atoms with van der Waals surface area (Å²) in [6.07, 6.45) is 14.9. The van der Waals surface area contributed by atoms with E-state index in [1.807, 2.05) is 12.2 Å². The van der Waals surface area contributed by atoms with Crippen LogP contribution >= 0.6 is 24.8 Å². The van der Waals surface area contributed by atoms with Gasteiger partial charge in [0, 0.05) is 0 Å². The molecule has 7 rings (SSSR count).